The second kappa shape index (κ2) is 6.16. The molecule has 0 spiro atoms. The van der Waals surface area contributed by atoms with Crippen LogP contribution in [0.4, 0.5) is 15.9 Å². The van der Waals surface area contributed by atoms with Gasteiger partial charge < -0.3 is 4.90 Å². The molecule has 1 aliphatic heterocycles. The molecule has 1 atom stereocenters. The monoisotopic (exact) mass is 314 g/mol. The number of nitrogens with one attached hydrogen (secondary N) is 2. The maximum atomic E-state index is 13.0. The number of H-pyrrole nitrogens is 1. The summed E-state index contributed by atoms with van der Waals surface area (Å²) in [5.74, 6) is -0.524. The number of aromatic nitrogens is 1. The lowest BCUT2D eigenvalue weighted by molar-refractivity contribution is -0.360. The van der Waals surface area contributed by atoms with Crippen molar-refractivity contribution in [3.05, 3.63) is 54.0 Å². The van der Waals surface area contributed by atoms with E-state index in [0.717, 1.165) is 5.56 Å². The molecule has 1 saturated heterocycles. The smallest absolute Gasteiger partial charge is 0.312 e. The first-order chi connectivity index (χ1) is 11.0. The van der Waals surface area contributed by atoms with Crippen LogP contribution < -0.4 is 15.2 Å². The van der Waals surface area contributed by atoms with E-state index in [-0.39, 0.29) is 24.1 Å². The van der Waals surface area contributed by atoms with Crippen molar-refractivity contribution in [1.82, 2.24) is 0 Å². The van der Waals surface area contributed by atoms with Crippen LogP contribution in [0.2, 0.25) is 0 Å². The summed E-state index contributed by atoms with van der Waals surface area (Å²) in [6.07, 6.45) is 1.89. The highest BCUT2D eigenvalue weighted by molar-refractivity contribution is 6.03. The van der Waals surface area contributed by atoms with Gasteiger partial charge in [-0.2, -0.15) is 0 Å². The lowest BCUT2D eigenvalue weighted by atomic mass is 10.1. The van der Waals surface area contributed by atoms with E-state index in [1.165, 1.54) is 17.0 Å². The summed E-state index contributed by atoms with van der Waals surface area (Å²) >= 11 is 0. The van der Waals surface area contributed by atoms with Gasteiger partial charge in [0, 0.05) is 24.7 Å². The molecule has 6 heteroatoms. The van der Waals surface area contributed by atoms with Crippen molar-refractivity contribution in [3.63, 3.8) is 0 Å². The van der Waals surface area contributed by atoms with Crippen molar-refractivity contribution in [2.75, 3.05) is 16.8 Å². The van der Waals surface area contributed by atoms with Crippen molar-refractivity contribution >= 4 is 23.3 Å². The fourth-order valence-corrected chi connectivity index (χ4v) is 2.64. The Morgan fingerprint density at radius 3 is 2.74 bits per heavy atom. The predicted octanol–water partition coefficient (Wildman–Crippen LogP) is 1.94. The number of pyridine rings is 1. The summed E-state index contributed by atoms with van der Waals surface area (Å²) in [5, 5.41) is 2.79. The Morgan fingerprint density at radius 2 is 2.04 bits per heavy atom. The van der Waals surface area contributed by atoms with Gasteiger partial charge in [0.05, 0.1) is 12.1 Å². The number of halogens is 1. The van der Waals surface area contributed by atoms with Gasteiger partial charge in [-0.3, -0.25) is 4.79 Å². The summed E-state index contributed by atoms with van der Waals surface area (Å²) in [4.78, 5) is 28.9. The molecule has 2 aromatic rings. The van der Waals surface area contributed by atoms with Gasteiger partial charge in [-0.1, -0.05) is 0 Å². The van der Waals surface area contributed by atoms with Gasteiger partial charge in [0.15, 0.2) is 0 Å². The average molecular weight is 314 g/mol. The Hall–Kier alpha value is -2.76. The first-order valence-corrected chi connectivity index (χ1v) is 7.38. The third-order valence-corrected chi connectivity index (χ3v) is 3.85. The molecule has 23 heavy (non-hydrogen) atoms. The normalized spacial score (nSPS) is 17.4. The highest BCUT2D eigenvalue weighted by atomic mass is 19.1. The Morgan fingerprint density at radius 1 is 1.30 bits per heavy atom. The Kier molecular flexibility index (Phi) is 4.06. The number of aryl methyl sites for hydroxylation is 1. The molecular weight excluding hydrogens is 297 g/mol. The first kappa shape index (κ1) is 15.1. The lowest BCUT2D eigenvalue weighted by Crippen LogP contribution is -2.29. The van der Waals surface area contributed by atoms with Gasteiger partial charge in [0.2, 0.25) is 5.91 Å². The predicted molar refractivity (Wildman–Crippen MR) is 83.2 cm³/mol. The zero-order chi connectivity index (χ0) is 16.4. The molecule has 0 aliphatic carbocycles. The number of amides is 2. The maximum absolute atomic E-state index is 13.0. The number of nitrogens with zero attached hydrogens (tertiary/aromatic N) is 1. The van der Waals surface area contributed by atoms with Gasteiger partial charge in [0.1, 0.15) is 5.82 Å². The Balaban J connectivity index is 1.69. The maximum Gasteiger partial charge on any atom is 0.312 e. The third-order valence-electron chi connectivity index (χ3n) is 3.85. The van der Waals surface area contributed by atoms with Crippen molar-refractivity contribution in [2.45, 2.75) is 13.3 Å². The minimum Gasteiger partial charge on any atom is -0.312 e. The molecule has 0 radical (unpaired) electrons. The molecule has 0 saturated carbocycles. The summed E-state index contributed by atoms with van der Waals surface area (Å²) in [7, 11) is 0. The van der Waals surface area contributed by atoms with Crippen LogP contribution in [0.5, 0.6) is 0 Å². The largest absolute Gasteiger partial charge is 0.312 e. The molecule has 1 aromatic carbocycles. The number of rotatable bonds is 3. The molecule has 0 bridgehead atoms. The average Bonchev–Trinajstić information content (AvgIpc) is 2.90. The zero-order valence-electron chi connectivity index (χ0n) is 12.7. The van der Waals surface area contributed by atoms with E-state index in [1.807, 2.05) is 19.1 Å². The standard InChI is InChI=1S/C17H16FN3O2/c1-11-6-7-19-15(8-11)20-17(23)12-9-16(22)21(10-12)14-4-2-13(18)3-5-14/h2-8,12H,9-10H2,1H3,(H,19,20,23)/p+1. The minimum absolute atomic E-state index is 0.134. The second-order valence-corrected chi connectivity index (χ2v) is 5.65. The van der Waals surface area contributed by atoms with E-state index in [1.54, 1.807) is 18.3 Å². The number of aromatic amines is 1. The van der Waals surface area contributed by atoms with Crippen molar-refractivity contribution in [3.8, 4) is 0 Å². The van der Waals surface area contributed by atoms with Gasteiger partial charge in [-0.25, -0.2) is 19.5 Å². The summed E-state index contributed by atoms with van der Waals surface area (Å²) in [5.41, 5.74) is 1.63. The number of hydrogen-bond acceptors (Lipinski definition) is 2. The molecule has 118 valence electrons. The molecule has 2 amide bonds. The number of carbonyl (C=O) groups is 2. The number of benzene rings is 1. The minimum atomic E-state index is -0.429. The Bertz CT molecular complexity index is 746. The van der Waals surface area contributed by atoms with Crippen molar-refractivity contribution < 1.29 is 19.0 Å². The van der Waals surface area contributed by atoms with E-state index >= 15 is 0 Å². The van der Waals surface area contributed by atoms with Crippen LogP contribution in [0.3, 0.4) is 0 Å². The van der Waals surface area contributed by atoms with E-state index in [2.05, 4.69) is 10.3 Å². The fraction of sp³-hybridized carbons (Fsp3) is 0.235. The zero-order valence-corrected chi connectivity index (χ0v) is 12.7. The van der Waals surface area contributed by atoms with E-state index in [0.29, 0.717) is 18.1 Å². The van der Waals surface area contributed by atoms with Crippen LogP contribution in [0.1, 0.15) is 12.0 Å². The summed E-state index contributed by atoms with van der Waals surface area (Å²) in [6, 6.07) is 9.41. The second-order valence-electron chi connectivity index (χ2n) is 5.65. The van der Waals surface area contributed by atoms with Crippen molar-refractivity contribution in [1.29, 1.82) is 0 Å². The molecule has 1 aromatic heterocycles. The summed E-state index contributed by atoms with van der Waals surface area (Å²) in [6.45, 7) is 2.22. The van der Waals surface area contributed by atoms with Gasteiger partial charge in [-0.05, 0) is 42.8 Å². The quantitative estimate of drug-likeness (QED) is 0.941. The molecule has 1 unspecified atom stereocenters. The molecule has 2 heterocycles. The van der Waals surface area contributed by atoms with Crippen LogP contribution >= 0.6 is 0 Å². The van der Waals surface area contributed by atoms with E-state index in [9.17, 15) is 14.0 Å². The van der Waals surface area contributed by atoms with Crippen LogP contribution in [-0.2, 0) is 9.59 Å². The molecule has 5 nitrogen and oxygen atoms in total. The molecular formula is C17H17FN3O2+. The summed E-state index contributed by atoms with van der Waals surface area (Å²) < 4.78 is 13.0. The highest BCUT2D eigenvalue weighted by Crippen LogP contribution is 2.25. The van der Waals surface area contributed by atoms with Crippen LogP contribution in [-0.4, -0.2) is 18.4 Å². The van der Waals surface area contributed by atoms with Crippen LogP contribution in [0, 0.1) is 18.7 Å². The molecule has 1 aliphatic rings. The van der Waals surface area contributed by atoms with E-state index < -0.39 is 5.92 Å². The SMILES string of the molecule is Cc1cc[nH+]c(NC(=O)C2CC(=O)N(c3ccc(F)cc3)C2)c1. The Labute approximate surface area is 133 Å². The lowest BCUT2D eigenvalue weighted by Gasteiger charge is -2.15. The molecule has 1 fully saturated rings. The molecule has 3 rings (SSSR count). The van der Waals surface area contributed by atoms with Crippen molar-refractivity contribution in [2.24, 2.45) is 5.92 Å². The highest BCUT2D eigenvalue weighted by Gasteiger charge is 2.37. The third kappa shape index (κ3) is 3.36. The van der Waals surface area contributed by atoms with E-state index in [4.69, 9.17) is 0 Å². The number of carbonyl (C=O) groups excluding carboxylic acids is 2. The fourth-order valence-electron chi connectivity index (χ4n) is 2.64. The number of anilines is 2. The van der Waals surface area contributed by atoms with Gasteiger partial charge in [0.25, 0.3) is 5.82 Å². The molecule has 2 N–H and O–H groups in total. The number of hydrogen-bond donors (Lipinski definition) is 1. The van der Waals surface area contributed by atoms with Crippen LogP contribution in [0.25, 0.3) is 0 Å². The van der Waals surface area contributed by atoms with Crippen LogP contribution in [0.15, 0.2) is 42.6 Å². The van der Waals surface area contributed by atoms with Gasteiger partial charge in [-0.15, -0.1) is 0 Å². The first-order valence-electron chi connectivity index (χ1n) is 7.38. The topological polar surface area (TPSA) is 63.6 Å². The van der Waals surface area contributed by atoms with Gasteiger partial charge >= 0.3 is 5.91 Å².